The maximum Gasteiger partial charge on any atom is 1.00 e. The van der Waals surface area contributed by atoms with Gasteiger partial charge in [-0.05, 0) is 104 Å². The molecule has 25 heteroatoms. The molecule has 1 aromatic heterocycles. The van der Waals surface area contributed by atoms with Crippen molar-refractivity contribution in [1.82, 2.24) is 20.2 Å². The van der Waals surface area contributed by atoms with E-state index in [1.54, 1.807) is 32.1 Å². The SMILES string of the molecule is C#CC(=O)CC.CCOC(=O)C1=CN=C(C2(c3ccccc3)CC2)C1.CN1C(=O)[C@@H](N)COc2ccccc21.CN1CCOC[C@H](NC(=O)c2cnc(Cc3ccccc3)[nH]2)C1=O.Cl.N#CC1(c2ccccc2)CC1.N/C(=N\O)C1(c2ccccc2)CC1.O=C(O)C1=CN=C(C2(c3ccccc3)CC2)C1.[Li+].[OH-]. The van der Waals surface area contributed by atoms with Crippen molar-refractivity contribution in [2.45, 2.75) is 125 Å². The summed E-state index contributed by atoms with van der Waals surface area (Å²) in [5, 5.41) is 32.2. The molecule has 23 nitrogen and oxygen atoms in total. The number of amides is 3. The van der Waals surface area contributed by atoms with E-state index in [2.05, 4.69) is 79.3 Å². The number of terminal acetylenes is 1. The number of likely N-dealkylation sites (N-methyl/N-ethyl adjacent to an activating group) is 2. The van der Waals surface area contributed by atoms with E-state index in [9.17, 15) is 28.8 Å². The number of aromatic nitrogens is 2. The number of nitrogens with one attached hydrogen (secondary N) is 2. The Labute approximate surface area is 642 Å². The Bertz CT molecular complexity index is 4390. The number of nitriles is 1. The molecule has 1 saturated heterocycles. The van der Waals surface area contributed by atoms with Crippen LogP contribution in [0.15, 0.2) is 221 Å². The van der Waals surface area contributed by atoms with Crippen LogP contribution >= 0.6 is 12.4 Å². The number of carboxylic acid groups (broad SMARTS) is 1. The van der Waals surface area contributed by atoms with E-state index >= 15 is 0 Å². The number of oxime groups is 1. The number of benzene rings is 6. The van der Waals surface area contributed by atoms with E-state index in [1.807, 2.05) is 152 Å². The first kappa shape index (κ1) is 85.2. The van der Waals surface area contributed by atoms with Gasteiger partial charge < -0.3 is 61.6 Å². The van der Waals surface area contributed by atoms with E-state index in [4.69, 9.17) is 41.3 Å². The minimum absolute atomic E-state index is 0. The van der Waals surface area contributed by atoms with Crippen molar-refractivity contribution in [1.29, 1.82) is 5.26 Å². The fourth-order valence-corrected chi connectivity index (χ4v) is 12.3. The Morgan fingerprint density at radius 3 is 1.69 bits per heavy atom. The maximum absolute atomic E-state index is 12.3. The van der Waals surface area contributed by atoms with Gasteiger partial charge in [-0.3, -0.25) is 29.2 Å². The second-order valence-corrected chi connectivity index (χ2v) is 26.2. The Balaban J connectivity index is 0.000000200. The fourth-order valence-electron chi connectivity index (χ4n) is 12.3. The summed E-state index contributed by atoms with van der Waals surface area (Å²) in [7, 11) is 3.40. The number of para-hydroxylation sites is 2. The monoisotopic (exact) mass is 1460 g/mol. The minimum Gasteiger partial charge on any atom is -0.870 e. The molecular formula is C82H91ClLiN11O12. The van der Waals surface area contributed by atoms with Crippen LogP contribution in [-0.2, 0) is 61.5 Å². The van der Waals surface area contributed by atoms with Crippen LogP contribution in [0, 0.1) is 23.7 Å². The molecular weight excluding hydrogens is 1370 g/mol. The Morgan fingerprint density at radius 1 is 0.720 bits per heavy atom. The van der Waals surface area contributed by atoms with Gasteiger partial charge in [-0.25, -0.2) is 14.6 Å². The van der Waals surface area contributed by atoms with Crippen LogP contribution < -0.4 is 45.3 Å². The van der Waals surface area contributed by atoms with Crippen LogP contribution in [0.4, 0.5) is 5.69 Å². The molecule has 107 heavy (non-hydrogen) atoms. The molecule has 3 amide bonds. The van der Waals surface area contributed by atoms with E-state index in [0.29, 0.717) is 79.7 Å². The zero-order chi connectivity index (χ0) is 74.3. The van der Waals surface area contributed by atoms with Crippen LogP contribution in [0.5, 0.6) is 5.75 Å². The van der Waals surface area contributed by atoms with Gasteiger partial charge in [0.25, 0.3) is 5.91 Å². The van der Waals surface area contributed by atoms with Gasteiger partial charge in [0.2, 0.25) is 17.6 Å². The van der Waals surface area contributed by atoms with E-state index < -0.39 is 18.1 Å². The molecule has 15 rings (SSSR count). The van der Waals surface area contributed by atoms with Gasteiger partial charge in [-0.2, -0.15) is 5.26 Å². The van der Waals surface area contributed by atoms with E-state index in [1.165, 1.54) is 34.0 Å². The number of aliphatic carboxylic acids is 1. The zero-order valence-electron chi connectivity index (χ0n) is 60.9. The number of hydrogen-bond donors (Lipinski definition) is 6. The molecule has 5 fully saturated rings. The molecule has 6 aromatic carbocycles. The average Bonchev–Trinajstić information content (AvgIpc) is 1.60. The van der Waals surface area contributed by atoms with Gasteiger partial charge in [0.1, 0.15) is 41.8 Å². The van der Waals surface area contributed by atoms with Gasteiger partial charge in [0.15, 0.2) is 0 Å². The van der Waals surface area contributed by atoms with Gasteiger partial charge in [0, 0.05) is 81.0 Å². The summed E-state index contributed by atoms with van der Waals surface area (Å²) in [6.07, 6.45) is 20.0. The molecule has 4 saturated carbocycles. The summed E-state index contributed by atoms with van der Waals surface area (Å²) < 4.78 is 15.8. The van der Waals surface area contributed by atoms with Crippen LogP contribution in [0.25, 0.3) is 0 Å². The first-order chi connectivity index (χ1) is 50.3. The molecule has 554 valence electrons. The zero-order valence-corrected chi connectivity index (χ0v) is 61.8. The third-order valence-corrected chi connectivity index (χ3v) is 19.2. The number of hydrogen-bond acceptors (Lipinski definition) is 17. The number of H-pyrrole nitrogens is 1. The number of carboxylic acids is 1. The number of aromatic amines is 1. The van der Waals surface area contributed by atoms with Crippen LogP contribution in [0.1, 0.15) is 129 Å². The van der Waals surface area contributed by atoms with E-state index in [-0.39, 0.29) is 101 Å². The second kappa shape index (κ2) is 40.1. The third-order valence-electron chi connectivity index (χ3n) is 19.2. The van der Waals surface area contributed by atoms with Crippen molar-refractivity contribution in [2.24, 2.45) is 26.6 Å². The number of nitrogens with two attached hydrogens (primary N) is 2. The molecule has 9 N–H and O–H groups in total. The molecule has 0 bridgehead atoms. The smallest absolute Gasteiger partial charge is 0.870 e. The number of amidine groups is 1. The summed E-state index contributed by atoms with van der Waals surface area (Å²) in [5.74, 6) is 1.87. The molecule has 8 aliphatic rings. The van der Waals surface area contributed by atoms with Crippen molar-refractivity contribution in [2.75, 3.05) is 52.0 Å². The van der Waals surface area contributed by atoms with Gasteiger partial charge in [0.05, 0.1) is 59.8 Å². The van der Waals surface area contributed by atoms with Crippen LogP contribution in [0.2, 0.25) is 0 Å². The van der Waals surface area contributed by atoms with Crippen molar-refractivity contribution in [3.63, 3.8) is 0 Å². The standard InChI is InChI=1S/C17H20N4O3.C16H17NO2.C14H13NO2.C10H12N2O2.C10H12N2O.C10H9N.C5H6O.ClH.Li.H2O/c1-21-7-8-24-11-14(17(21)23)20-16(22)13-10-18-15(19-13)9-12-5-3-2-4-6-12;1-2-19-15(18)12-10-14(17-11-12)16(8-9-16)13-6-4-3-5-7-13;16-13(17)10-8-12(15-9-10)14(6-7-14)11-4-2-1-3-5-11;1-12-8-4-2-3-5-9(8)14-6-7(11)10(12)13;11-9(12-13)10(6-7-10)8-4-2-1-3-5-8;11-8-10(6-7-10)9-4-2-1-3-5-9;1-3-5(6)4-2;;;/h2-6,10,14H,7-9,11H2,1H3,(H,18,19)(H,20,22);3-7,11H,2,8-10H2,1H3;1-5,9H,6-8H2,(H,16,17);2-5,7H,6,11H2,1H3;1-5,13H,6-7H2,(H2,11,12);1-5H,6-7H2;1H,4H2,2H3;1H;;1H2/q;;;;;;;;+1;/p-1/t14-;;;7-;;;;;;/m0..0....../s1. The average molecular weight is 1470 g/mol. The summed E-state index contributed by atoms with van der Waals surface area (Å²) in [6, 6.07) is 59.1. The predicted molar refractivity (Wildman–Crippen MR) is 407 cm³/mol. The number of anilines is 1. The number of fused-ring (bicyclic) bond motifs is 1. The Hall–Kier alpha value is -10.7. The first-order valence-corrected chi connectivity index (χ1v) is 34.8. The number of esters is 1. The Morgan fingerprint density at radius 2 is 1.22 bits per heavy atom. The molecule has 2 atom stereocenters. The first-order valence-electron chi connectivity index (χ1n) is 34.8. The number of aliphatic imine (C=N–C) groups is 2. The number of carbonyl (C=O) groups is 6. The number of rotatable bonds is 15. The Kier molecular flexibility index (Phi) is 31.9. The van der Waals surface area contributed by atoms with Gasteiger partial charge >= 0.3 is 30.8 Å². The van der Waals surface area contributed by atoms with E-state index in [0.717, 1.165) is 79.6 Å². The quantitative estimate of drug-likeness (QED) is 0.00826. The third kappa shape index (κ3) is 22.2. The maximum atomic E-state index is 12.3. The summed E-state index contributed by atoms with van der Waals surface area (Å²) in [6.45, 7) is 5.38. The normalized spacial score (nSPS) is 18.4. The number of imidazole rings is 1. The van der Waals surface area contributed by atoms with Gasteiger partial charge in [-0.1, -0.05) is 176 Å². The number of nitrogens with zero attached hydrogens (tertiary/aromatic N) is 7. The van der Waals surface area contributed by atoms with Gasteiger partial charge in [-0.15, -0.1) is 18.8 Å². The van der Waals surface area contributed by atoms with Crippen LogP contribution in [0.3, 0.4) is 0 Å². The molecule has 5 heterocycles. The topological polar surface area (TPSA) is 361 Å². The molecule has 7 aromatic rings. The molecule has 0 spiro atoms. The predicted octanol–water partition coefficient (Wildman–Crippen LogP) is 8.05. The largest absolute Gasteiger partial charge is 1.00 e. The van der Waals surface area contributed by atoms with Crippen molar-refractivity contribution in [3.05, 3.63) is 245 Å². The number of ketones is 1. The number of Topliss-reactive ketones (excluding diaryl/α,β-unsaturated/α-hetero) is 1. The second-order valence-electron chi connectivity index (χ2n) is 26.2. The van der Waals surface area contributed by atoms with Crippen molar-refractivity contribution < 1.29 is 77.6 Å². The number of halogens is 1. The summed E-state index contributed by atoms with van der Waals surface area (Å²) in [5.41, 5.74) is 21.4. The summed E-state index contributed by atoms with van der Waals surface area (Å²) >= 11 is 0. The molecule has 4 aliphatic carbocycles. The van der Waals surface area contributed by atoms with Crippen molar-refractivity contribution >= 4 is 70.8 Å². The fraction of sp³-hybridized carbons (Fsp3) is 0.329. The summed E-state index contributed by atoms with van der Waals surface area (Å²) in [4.78, 5) is 87.8. The molecule has 4 aliphatic heterocycles. The number of ether oxygens (including phenoxy) is 3. The molecule has 0 radical (unpaired) electrons. The number of carbonyl (C=O) groups excluding carboxylic acids is 5. The molecule has 0 unspecified atom stereocenters. The van der Waals surface area contributed by atoms with Crippen molar-refractivity contribution in [3.8, 4) is 24.2 Å². The van der Waals surface area contributed by atoms with Crippen LogP contribution in [-0.4, -0.2) is 143 Å². The minimum atomic E-state index is -0.854.